The van der Waals surface area contributed by atoms with Crippen LogP contribution in [-0.2, 0) is 6.42 Å². The third-order valence-corrected chi connectivity index (χ3v) is 6.53. The molecule has 3 heterocycles. The van der Waals surface area contributed by atoms with Crippen LogP contribution in [0.3, 0.4) is 0 Å². The van der Waals surface area contributed by atoms with Gasteiger partial charge in [-0.25, -0.2) is 9.50 Å². The van der Waals surface area contributed by atoms with Crippen molar-refractivity contribution in [1.82, 2.24) is 19.9 Å². The Hall–Kier alpha value is -3.87. The van der Waals surface area contributed by atoms with Crippen molar-refractivity contribution >= 4 is 17.3 Å². The highest BCUT2D eigenvalue weighted by Gasteiger charge is 2.30. The lowest BCUT2D eigenvalue weighted by molar-refractivity contribution is -0.134. The van der Waals surface area contributed by atoms with Crippen molar-refractivity contribution in [2.45, 2.75) is 76.3 Å². The summed E-state index contributed by atoms with van der Waals surface area (Å²) in [7, 11) is 0. The van der Waals surface area contributed by atoms with Gasteiger partial charge in [0.05, 0.1) is 28.6 Å². The topological polar surface area (TPSA) is 141 Å². The fraction of sp³-hybridized carbons (Fsp3) is 0.481. The van der Waals surface area contributed by atoms with Gasteiger partial charge in [0.1, 0.15) is 24.0 Å². The van der Waals surface area contributed by atoms with Crippen LogP contribution in [0.4, 0.5) is 13.2 Å². The molecule has 4 N–H and O–H groups in total. The van der Waals surface area contributed by atoms with Crippen molar-refractivity contribution in [3.63, 3.8) is 0 Å². The molecule has 4 rings (SSSR count). The van der Waals surface area contributed by atoms with Crippen molar-refractivity contribution < 1.29 is 37.3 Å². The maximum absolute atomic E-state index is 13.1. The molecule has 13 heteroatoms. The molecule has 2 amide bonds. The number of nitrogens with two attached hydrogens (primary N) is 1. The van der Waals surface area contributed by atoms with Gasteiger partial charge < -0.3 is 25.6 Å². The maximum atomic E-state index is 13.1. The lowest BCUT2D eigenvalue weighted by atomic mass is 9.92. The van der Waals surface area contributed by atoms with Crippen molar-refractivity contribution in [2.24, 2.45) is 5.73 Å². The number of nitrogens with one attached hydrogen (secondary N) is 1. The number of hydrogen-bond acceptors (Lipinski definition) is 7. The summed E-state index contributed by atoms with van der Waals surface area (Å²) in [5.74, 6) is -0.692. The average molecular weight is 564 g/mol. The Labute approximate surface area is 228 Å². The van der Waals surface area contributed by atoms with E-state index in [1.807, 2.05) is 0 Å². The Morgan fingerprint density at radius 2 is 1.88 bits per heavy atom. The van der Waals surface area contributed by atoms with Crippen LogP contribution in [0.15, 0.2) is 36.7 Å². The summed E-state index contributed by atoms with van der Waals surface area (Å²) in [5.41, 5.74) is 5.11. The molecule has 3 aromatic rings. The van der Waals surface area contributed by atoms with Gasteiger partial charge in [0, 0.05) is 25.1 Å². The minimum atomic E-state index is -4.40. The number of pyridine rings is 2. The molecule has 0 saturated heterocycles. The Morgan fingerprint density at radius 1 is 1.15 bits per heavy atom. The van der Waals surface area contributed by atoms with Crippen LogP contribution in [0.25, 0.3) is 5.52 Å². The molecule has 40 heavy (non-hydrogen) atoms. The number of halogens is 3. The standard InChI is InChI=1S/C27H32F3N5O5/c1-26(2,38)15-39-22-10-9-20-19(14-33-35(20)21(22)11-12-27(28,29)30)24(37)34-16-5-7-17(8-6-16)40-25-18(23(31)36)4-3-13-32-25/h3-4,9-10,13-14,16-17,38H,5-8,11-12,15H2,1-2H3,(H2,31,36)(H,34,37)/t16-,17-. The molecule has 0 radical (unpaired) electrons. The molecule has 10 nitrogen and oxygen atoms in total. The number of aliphatic hydroxyl groups is 1. The van der Waals surface area contributed by atoms with Gasteiger partial charge in [-0.15, -0.1) is 0 Å². The van der Waals surface area contributed by atoms with E-state index in [1.54, 1.807) is 18.2 Å². The lowest BCUT2D eigenvalue weighted by Gasteiger charge is -2.29. The zero-order chi connectivity index (χ0) is 29.1. The van der Waals surface area contributed by atoms with Gasteiger partial charge >= 0.3 is 6.18 Å². The van der Waals surface area contributed by atoms with E-state index >= 15 is 0 Å². The van der Waals surface area contributed by atoms with Crippen LogP contribution < -0.4 is 20.5 Å². The van der Waals surface area contributed by atoms with Crippen molar-refractivity contribution in [2.75, 3.05) is 6.61 Å². The molecule has 1 aliphatic rings. The molecule has 3 aromatic heterocycles. The number of amides is 2. The van der Waals surface area contributed by atoms with E-state index in [0.29, 0.717) is 31.2 Å². The number of fused-ring (bicyclic) bond motifs is 1. The Kier molecular flexibility index (Phi) is 8.52. The predicted octanol–water partition coefficient (Wildman–Crippen LogP) is 3.59. The van der Waals surface area contributed by atoms with Gasteiger partial charge in [0.15, 0.2) is 0 Å². The first-order chi connectivity index (χ1) is 18.8. The number of aromatic nitrogens is 3. The Bertz CT molecular complexity index is 1360. The average Bonchev–Trinajstić information content (AvgIpc) is 3.31. The minimum absolute atomic E-state index is 0.136. The number of carbonyl (C=O) groups excluding carboxylic acids is 2. The molecule has 1 aliphatic carbocycles. The van der Waals surface area contributed by atoms with E-state index in [2.05, 4.69) is 15.4 Å². The summed E-state index contributed by atoms with van der Waals surface area (Å²) in [6.45, 7) is 2.91. The quantitative estimate of drug-likeness (QED) is 0.342. The molecule has 0 aromatic carbocycles. The molecule has 1 saturated carbocycles. The van der Waals surface area contributed by atoms with Crippen LogP contribution in [0.2, 0.25) is 0 Å². The largest absolute Gasteiger partial charge is 0.489 e. The van der Waals surface area contributed by atoms with E-state index in [0.717, 1.165) is 0 Å². The number of primary amides is 1. The number of carbonyl (C=O) groups is 2. The highest BCUT2D eigenvalue weighted by atomic mass is 19.4. The molecule has 0 bridgehead atoms. The second kappa shape index (κ2) is 11.7. The first-order valence-corrected chi connectivity index (χ1v) is 12.9. The second-order valence-electron chi connectivity index (χ2n) is 10.5. The summed E-state index contributed by atoms with van der Waals surface area (Å²) in [6, 6.07) is 6.05. The van der Waals surface area contributed by atoms with Crippen molar-refractivity contribution in [3.8, 4) is 11.6 Å². The number of nitrogens with zero attached hydrogens (tertiary/aromatic N) is 3. The van der Waals surface area contributed by atoms with Gasteiger partial charge in [-0.05, 0) is 63.8 Å². The zero-order valence-corrected chi connectivity index (χ0v) is 22.2. The third-order valence-electron chi connectivity index (χ3n) is 6.53. The summed E-state index contributed by atoms with van der Waals surface area (Å²) in [4.78, 5) is 28.9. The van der Waals surface area contributed by atoms with Crippen LogP contribution in [0.5, 0.6) is 11.6 Å². The van der Waals surface area contributed by atoms with Crippen molar-refractivity contribution in [3.05, 3.63) is 53.5 Å². The molecule has 0 atom stereocenters. The van der Waals surface area contributed by atoms with Crippen LogP contribution in [0.1, 0.15) is 72.4 Å². The van der Waals surface area contributed by atoms with Crippen LogP contribution in [-0.4, -0.2) is 62.0 Å². The summed E-state index contributed by atoms with van der Waals surface area (Å²) in [6.07, 6.45) is -0.833. The van der Waals surface area contributed by atoms with E-state index in [-0.39, 0.29) is 47.2 Å². The maximum Gasteiger partial charge on any atom is 0.389 e. The van der Waals surface area contributed by atoms with Gasteiger partial charge in [-0.3, -0.25) is 9.59 Å². The molecular weight excluding hydrogens is 531 g/mol. The van der Waals surface area contributed by atoms with Crippen molar-refractivity contribution in [1.29, 1.82) is 0 Å². The number of ether oxygens (including phenoxy) is 2. The smallest absolute Gasteiger partial charge is 0.389 e. The van der Waals surface area contributed by atoms with Crippen LogP contribution in [0, 0.1) is 0 Å². The molecule has 0 unspecified atom stereocenters. The van der Waals surface area contributed by atoms with E-state index in [1.165, 1.54) is 36.8 Å². The van der Waals surface area contributed by atoms with Gasteiger partial charge in [0.2, 0.25) is 5.88 Å². The Balaban J connectivity index is 1.44. The number of hydrogen-bond donors (Lipinski definition) is 3. The Morgan fingerprint density at radius 3 is 2.52 bits per heavy atom. The molecular formula is C27H32F3N5O5. The minimum Gasteiger partial charge on any atom is -0.489 e. The fourth-order valence-electron chi connectivity index (χ4n) is 4.56. The highest BCUT2D eigenvalue weighted by Crippen LogP contribution is 2.30. The summed E-state index contributed by atoms with van der Waals surface area (Å²) >= 11 is 0. The zero-order valence-electron chi connectivity index (χ0n) is 22.2. The van der Waals surface area contributed by atoms with E-state index in [9.17, 15) is 27.9 Å². The third kappa shape index (κ3) is 7.40. The number of rotatable bonds is 10. The summed E-state index contributed by atoms with van der Waals surface area (Å²) in [5, 5.41) is 17.2. The van der Waals surface area contributed by atoms with E-state index in [4.69, 9.17) is 15.2 Å². The summed E-state index contributed by atoms with van der Waals surface area (Å²) < 4.78 is 51.9. The monoisotopic (exact) mass is 563 g/mol. The molecule has 0 spiro atoms. The number of alkyl halides is 3. The van der Waals surface area contributed by atoms with Gasteiger partial charge in [-0.1, -0.05) is 0 Å². The molecule has 0 aliphatic heterocycles. The number of aryl methyl sites for hydroxylation is 1. The fourth-order valence-corrected chi connectivity index (χ4v) is 4.56. The predicted molar refractivity (Wildman–Crippen MR) is 138 cm³/mol. The highest BCUT2D eigenvalue weighted by molar-refractivity contribution is 6.00. The molecule has 216 valence electrons. The van der Waals surface area contributed by atoms with E-state index < -0.39 is 36.4 Å². The second-order valence-corrected chi connectivity index (χ2v) is 10.5. The van der Waals surface area contributed by atoms with Crippen LogP contribution >= 0.6 is 0 Å². The normalized spacial score (nSPS) is 17.9. The SMILES string of the molecule is CC(C)(O)COc1ccc2c(C(=O)N[C@H]3CC[C@H](Oc4ncccc4C(N)=O)CC3)cnn2c1CCC(F)(F)F. The molecule has 1 fully saturated rings. The first kappa shape index (κ1) is 29.1. The lowest BCUT2D eigenvalue weighted by Crippen LogP contribution is -2.39. The first-order valence-electron chi connectivity index (χ1n) is 12.9. The van der Waals surface area contributed by atoms with Gasteiger partial charge in [-0.2, -0.15) is 18.3 Å². The van der Waals surface area contributed by atoms with Gasteiger partial charge in [0.25, 0.3) is 11.8 Å².